The van der Waals surface area contributed by atoms with Crippen LogP contribution in [0.5, 0.6) is 0 Å². The van der Waals surface area contributed by atoms with E-state index in [1.807, 2.05) is 16.7 Å². The zero-order chi connectivity index (χ0) is 13.5. The second-order valence-electron chi connectivity index (χ2n) is 6.24. The highest BCUT2D eigenvalue weighted by atomic mass is 15.2. The van der Waals surface area contributed by atoms with Gasteiger partial charge in [0, 0.05) is 43.3 Å². The van der Waals surface area contributed by atoms with Crippen molar-refractivity contribution in [2.75, 3.05) is 7.05 Å². The molecule has 2 saturated heterocycles. The molecule has 0 radical (unpaired) electrons. The summed E-state index contributed by atoms with van der Waals surface area (Å²) in [6.45, 7) is 0.910. The SMILES string of the molecule is CN(Cc1cn2cccnc2n1)C1CC2CCC(C1)N2. The molecule has 0 aliphatic carbocycles. The van der Waals surface area contributed by atoms with E-state index in [1.54, 1.807) is 6.20 Å². The van der Waals surface area contributed by atoms with Gasteiger partial charge in [-0.05, 0) is 38.8 Å². The molecule has 2 aromatic heterocycles. The lowest BCUT2D eigenvalue weighted by atomic mass is 9.98. The van der Waals surface area contributed by atoms with Crippen molar-refractivity contribution in [1.82, 2.24) is 24.6 Å². The molecule has 5 nitrogen and oxygen atoms in total. The van der Waals surface area contributed by atoms with E-state index in [9.17, 15) is 0 Å². The summed E-state index contributed by atoms with van der Waals surface area (Å²) in [5.41, 5.74) is 1.11. The lowest BCUT2D eigenvalue weighted by Gasteiger charge is -2.35. The highest BCUT2D eigenvalue weighted by Gasteiger charge is 2.35. The first kappa shape index (κ1) is 12.3. The smallest absolute Gasteiger partial charge is 0.233 e. The third kappa shape index (κ3) is 2.21. The summed E-state index contributed by atoms with van der Waals surface area (Å²) in [6, 6.07) is 4.10. The van der Waals surface area contributed by atoms with Crippen molar-refractivity contribution in [3.8, 4) is 0 Å². The fourth-order valence-corrected chi connectivity index (χ4v) is 3.73. The van der Waals surface area contributed by atoms with Gasteiger partial charge in [-0.2, -0.15) is 0 Å². The highest BCUT2D eigenvalue weighted by Crippen LogP contribution is 2.29. The Morgan fingerprint density at radius 2 is 2.15 bits per heavy atom. The summed E-state index contributed by atoms with van der Waals surface area (Å²) in [6.07, 6.45) is 11.1. The number of piperidine rings is 1. The number of nitrogens with zero attached hydrogens (tertiary/aromatic N) is 4. The average molecular weight is 271 g/mol. The van der Waals surface area contributed by atoms with Gasteiger partial charge in [-0.25, -0.2) is 9.97 Å². The van der Waals surface area contributed by atoms with Crippen LogP contribution in [0.2, 0.25) is 0 Å². The molecule has 2 atom stereocenters. The third-order valence-corrected chi connectivity index (χ3v) is 4.77. The third-order valence-electron chi connectivity index (χ3n) is 4.77. The van der Waals surface area contributed by atoms with Gasteiger partial charge in [0.05, 0.1) is 5.69 Å². The molecule has 106 valence electrons. The maximum Gasteiger partial charge on any atom is 0.233 e. The molecule has 0 amide bonds. The first-order chi connectivity index (χ1) is 9.78. The van der Waals surface area contributed by atoms with Crippen LogP contribution in [0.3, 0.4) is 0 Å². The van der Waals surface area contributed by atoms with Gasteiger partial charge in [0.25, 0.3) is 0 Å². The van der Waals surface area contributed by atoms with E-state index in [1.165, 1.54) is 25.7 Å². The van der Waals surface area contributed by atoms with Crippen LogP contribution in [0.25, 0.3) is 5.78 Å². The summed E-state index contributed by atoms with van der Waals surface area (Å²) in [7, 11) is 2.23. The topological polar surface area (TPSA) is 45.5 Å². The zero-order valence-corrected chi connectivity index (χ0v) is 11.9. The van der Waals surface area contributed by atoms with Crippen LogP contribution in [0.4, 0.5) is 0 Å². The minimum Gasteiger partial charge on any atom is -0.311 e. The maximum absolute atomic E-state index is 4.60. The fraction of sp³-hybridized carbons (Fsp3) is 0.600. The van der Waals surface area contributed by atoms with E-state index in [0.717, 1.165) is 30.1 Å². The average Bonchev–Trinajstić information content (AvgIpc) is 3.01. The molecule has 2 unspecified atom stereocenters. The Kier molecular flexibility index (Phi) is 2.97. The number of nitrogens with one attached hydrogen (secondary N) is 1. The molecule has 4 heterocycles. The van der Waals surface area contributed by atoms with E-state index in [2.05, 4.69) is 33.4 Å². The van der Waals surface area contributed by atoms with Crippen LogP contribution >= 0.6 is 0 Å². The molecule has 1 N–H and O–H groups in total. The van der Waals surface area contributed by atoms with Gasteiger partial charge in [-0.3, -0.25) is 9.30 Å². The van der Waals surface area contributed by atoms with Crippen molar-refractivity contribution in [3.05, 3.63) is 30.4 Å². The molecule has 2 aliphatic rings. The minimum atomic E-state index is 0.687. The molecule has 2 fully saturated rings. The Balaban J connectivity index is 1.47. The molecule has 4 rings (SSSR count). The van der Waals surface area contributed by atoms with E-state index in [-0.39, 0.29) is 0 Å². The van der Waals surface area contributed by atoms with Crippen molar-refractivity contribution in [3.63, 3.8) is 0 Å². The first-order valence-corrected chi connectivity index (χ1v) is 7.53. The van der Waals surface area contributed by atoms with Crippen molar-refractivity contribution < 1.29 is 0 Å². The summed E-state index contributed by atoms with van der Waals surface area (Å²) < 4.78 is 2.00. The van der Waals surface area contributed by atoms with E-state index in [4.69, 9.17) is 0 Å². The summed E-state index contributed by atoms with van der Waals surface area (Å²) in [5, 5.41) is 3.70. The number of fused-ring (bicyclic) bond motifs is 3. The van der Waals surface area contributed by atoms with Gasteiger partial charge >= 0.3 is 0 Å². The van der Waals surface area contributed by atoms with Crippen molar-refractivity contribution >= 4 is 5.78 Å². The second-order valence-corrected chi connectivity index (χ2v) is 6.24. The summed E-state index contributed by atoms with van der Waals surface area (Å²) in [5.74, 6) is 0.793. The number of hydrogen-bond donors (Lipinski definition) is 1. The lowest BCUT2D eigenvalue weighted by molar-refractivity contribution is 0.164. The van der Waals surface area contributed by atoms with Gasteiger partial charge in [0.15, 0.2) is 0 Å². The second kappa shape index (κ2) is 4.82. The Bertz CT molecular complexity index is 562. The largest absolute Gasteiger partial charge is 0.311 e. The fourth-order valence-electron chi connectivity index (χ4n) is 3.73. The number of hydrogen-bond acceptors (Lipinski definition) is 4. The summed E-state index contributed by atoms with van der Waals surface area (Å²) in [4.78, 5) is 11.3. The Hall–Kier alpha value is -1.46. The van der Waals surface area contributed by atoms with Crippen molar-refractivity contribution in [1.29, 1.82) is 0 Å². The van der Waals surface area contributed by atoms with Crippen molar-refractivity contribution in [2.24, 2.45) is 0 Å². The van der Waals surface area contributed by atoms with E-state index >= 15 is 0 Å². The molecule has 2 aliphatic heterocycles. The molecule has 5 heteroatoms. The Morgan fingerprint density at radius 1 is 1.35 bits per heavy atom. The van der Waals surface area contributed by atoms with Crippen LogP contribution in [-0.4, -0.2) is 44.4 Å². The van der Waals surface area contributed by atoms with Gasteiger partial charge in [0.1, 0.15) is 0 Å². The monoisotopic (exact) mass is 271 g/mol. The number of rotatable bonds is 3. The van der Waals surface area contributed by atoms with Crippen LogP contribution in [0, 0.1) is 0 Å². The standard InChI is InChI=1S/C15H21N5/c1-19(14-7-11-3-4-12(8-14)17-11)9-13-10-20-6-2-5-16-15(20)18-13/h2,5-6,10-12,14,17H,3-4,7-9H2,1H3. The van der Waals surface area contributed by atoms with Crippen LogP contribution in [-0.2, 0) is 6.54 Å². The molecular weight excluding hydrogens is 250 g/mol. The van der Waals surface area contributed by atoms with Crippen LogP contribution in [0.1, 0.15) is 31.4 Å². The molecular formula is C15H21N5. The molecule has 20 heavy (non-hydrogen) atoms. The quantitative estimate of drug-likeness (QED) is 0.917. The maximum atomic E-state index is 4.60. The van der Waals surface area contributed by atoms with E-state index in [0.29, 0.717) is 6.04 Å². The highest BCUT2D eigenvalue weighted by molar-refractivity contribution is 5.29. The first-order valence-electron chi connectivity index (χ1n) is 7.53. The van der Waals surface area contributed by atoms with Gasteiger partial charge in [-0.1, -0.05) is 0 Å². The van der Waals surface area contributed by atoms with Gasteiger partial charge < -0.3 is 5.32 Å². The minimum absolute atomic E-state index is 0.687. The molecule has 2 aromatic rings. The Morgan fingerprint density at radius 3 is 2.90 bits per heavy atom. The van der Waals surface area contributed by atoms with Crippen LogP contribution in [0.15, 0.2) is 24.7 Å². The predicted octanol–water partition coefficient (Wildman–Crippen LogP) is 1.44. The van der Waals surface area contributed by atoms with Crippen LogP contribution < -0.4 is 5.32 Å². The Labute approximate surface area is 119 Å². The summed E-state index contributed by atoms with van der Waals surface area (Å²) >= 11 is 0. The van der Waals surface area contributed by atoms with Crippen molar-refractivity contribution in [2.45, 2.75) is 50.4 Å². The van der Waals surface area contributed by atoms with E-state index < -0.39 is 0 Å². The number of aromatic nitrogens is 3. The van der Waals surface area contributed by atoms with Gasteiger partial charge in [-0.15, -0.1) is 0 Å². The molecule has 2 bridgehead atoms. The normalized spacial score (nSPS) is 29.4. The number of imidazole rings is 1. The lowest BCUT2D eigenvalue weighted by Crippen LogP contribution is -2.46. The zero-order valence-electron chi connectivity index (χ0n) is 11.9. The molecule has 0 saturated carbocycles. The predicted molar refractivity (Wildman–Crippen MR) is 77.4 cm³/mol. The van der Waals surface area contributed by atoms with Gasteiger partial charge in [0.2, 0.25) is 5.78 Å². The molecule has 0 spiro atoms. The molecule has 0 aromatic carbocycles.